The third-order valence-electron chi connectivity index (χ3n) is 7.41. The fourth-order valence-corrected chi connectivity index (χ4v) is 4.91. The number of carboxylic acid groups (broad SMARTS) is 1. The highest BCUT2D eigenvalue weighted by molar-refractivity contribution is 6.00. The second-order valence-electron chi connectivity index (χ2n) is 10.0. The number of aromatic nitrogens is 1. The summed E-state index contributed by atoms with van der Waals surface area (Å²) in [5.74, 6) is -0.113. The van der Waals surface area contributed by atoms with Gasteiger partial charge in [-0.05, 0) is 43.7 Å². The van der Waals surface area contributed by atoms with Gasteiger partial charge in [0.25, 0.3) is 11.8 Å². The minimum Gasteiger partial charge on any atom is -0.496 e. The van der Waals surface area contributed by atoms with Crippen LogP contribution in [-0.2, 0) is 10.2 Å². The number of carbonyl (C=O) groups is 3. The van der Waals surface area contributed by atoms with Gasteiger partial charge in [0.15, 0.2) is 5.72 Å². The minimum atomic E-state index is -1.15. The lowest BCUT2D eigenvalue weighted by molar-refractivity contribution is -0.142. The van der Waals surface area contributed by atoms with Crippen molar-refractivity contribution in [2.45, 2.75) is 37.8 Å². The molecule has 198 valence electrons. The lowest BCUT2D eigenvalue weighted by atomic mass is 9.83. The van der Waals surface area contributed by atoms with Crippen molar-refractivity contribution < 1.29 is 33.7 Å². The average molecular weight is 520 g/mol. The maximum Gasteiger partial charge on any atom is 0.313 e. The Bertz CT molecular complexity index is 1460. The molecule has 1 aromatic heterocycles. The van der Waals surface area contributed by atoms with Gasteiger partial charge in [-0.3, -0.25) is 14.4 Å². The molecule has 5 rings (SSSR count). The van der Waals surface area contributed by atoms with Crippen LogP contribution in [0, 0.1) is 0 Å². The molecule has 0 atom stereocenters. The number of hydrogen-bond donors (Lipinski definition) is 2. The highest BCUT2D eigenvalue weighted by atomic mass is 16.5. The molecule has 1 fully saturated rings. The number of amides is 2. The van der Waals surface area contributed by atoms with Crippen molar-refractivity contribution in [3.05, 3.63) is 59.3 Å². The van der Waals surface area contributed by atoms with Gasteiger partial charge in [0.05, 0.1) is 25.2 Å². The van der Waals surface area contributed by atoms with E-state index in [9.17, 15) is 19.5 Å². The van der Waals surface area contributed by atoms with Crippen molar-refractivity contribution in [1.29, 1.82) is 0 Å². The predicted molar refractivity (Wildman–Crippen MR) is 138 cm³/mol. The SMILES string of the molecule is COc1cc(C(=O)N2CCC3(CC2)NC(=O)c2cc(C(C)(C)C(=O)O)ccc2O3)nc2c(OC)cccc12. The Labute approximate surface area is 219 Å². The molecule has 38 heavy (non-hydrogen) atoms. The number of carbonyl (C=O) groups excluding carboxylic acids is 2. The lowest BCUT2D eigenvalue weighted by Crippen LogP contribution is -2.61. The van der Waals surface area contributed by atoms with Crippen molar-refractivity contribution >= 4 is 28.7 Å². The zero-order chi connectivity index (χ0) is 27.2. The smallest absolute Gasteiger partial charge is 0.313 e. The number of fused-ring (bicyclic) bond motifs is 2. The van der Waals surface area contributed by atoms with Crippen LogP contribution in [0.25, 0.3) is 10.9 Å². The number of likely N-dealkylation sites (tertiary alicyclic amines) is 1. The second-order valence-corrected chi connectivity index (χ2v) is 10.0. The summed E-state index contributed by atoms with van der Waals surface area (Å²) < 4.78 is 17.2. The van der Waals surface area contributed by atoms with E-state index in [1.54, 1.807) is 63.3 Å². The highest BCUT2D eigenvalue weighted by Gasteiger charge is 2.44. The lowest BCUT2D eigenvalue weighted by Gasteiger charge is -2.44. The highest BCUT2D eigenvalue weighted by Crippen LogP contribution is 2.37. The number of para-hydroxylation sites is 1. The Balaban J connectivity index is 1.35. The summed E-state index contributed by atoms with van der Waals surface area (Å²) in [6, 6.07) is 12.0. The van der Waals surface area contributed by atoms with Gasteiger partial charge < -0.3 is 29.5 Å². The van der Waals surface area contributed by atoms with E-state index in [-0.39, 0.29) is 17.5 Å². The quantitative estimate of drug-likeness (QED) is 0.525. The maximum atomic E-state index is 13.4. The van der Waals surface area contributed by atoms with Crippen LogP contribution in [0.5, 0.6) is 17.2 Å². The molecule has 2 N–H and O–H groups in total. The van der Waals surface area contributed by atoms with Crippen molar-refractivity contribution in [1.82, 2.24) is 15.2 Å². The first kappa shape index (κ1) is 25.3. The number of ether oxygens (including phenoxy) is 3. The summed E-state index contributed by atoms with van der Waals surface area (Å²) in [4.78, 5) is 44.4. The Hall–Kier alpha value is -4.34. The number of pyridine rings is 1. The van der Waals surface area contributed by atoms with Gasteiger partial charge in [-0.2, -0.15) is 0 Å². The number of benzene rings is 2. The van der Waals surface area contributed by atoms with Crippen molar-refractivity contribution in [2.75, 3.05) is 27.3 Å². The van der Waals surface area contributed by atoms with E-state index in [4.69, 9.17) is 14.2 Å². The number of methoxy groups -OCH3 is 2. The number of nitrogens with zero attached hydrogens (tertiary/aromatic N) is 2. The van der Waals surface area contributed by atoms with Crippen LogP contribution >= 0.6 is 0 Å². The molecule has 0 radical (unpaired) electrons. The Morgan fingerprint density at radius 3 is 2.45 bits per heavy atom. The Morgan fingerprint density at radius 1 is 1.08 bits per heavy atom. The third-order valence-corrected chi connectivity index (χ3v) is 7.41. The van der Waals surface area contributed by atoms with Gasteiger partial charge in [0, 0.05) is 37.4 Å². The molecule has 1 spiro atoms. The van der Waals surface area contributed by atoms with Crippen LogP contribution in [-0.4, -0.2) is 65.8 Å². The third kappa shape index (κ3) is 4.15. The monoisotopic (exact) mass is 519 g/mol. The topological polar surface area (TPSA) is 127 Å². The van der Waals surface area contributed by atoms with Crippen LogP contribution in [0.3, 0.4) is 0 Å². The van der Waals surface area contributed by atoms with Gasteiger partial charge >= 0.3 is 5.97 Å². The Kier molecular flexibility index (Phi) is 6.13. The van der Waals surface area contributed by atoms with Crippen LogP contribution in [0.1, 0.15) is 53.1 Å². The summed E-state index contributed by atoms with van der Waals surface area (Å²) in [7, 11) is 3.09. The molecular formula is C28H29N3O7. The summed E-state index contributed by atoms with van der Waals surface area (Å²) >= 11 is 0. The largest absolute Gasteiger partial charge is 0.496 e. The zero-order valence-electron chi connectivity index (χ0n) is 21.7. The number of aliphatic carboxylic acids is 1. The molecule has 0 bridgehead atoms. The van der Waals surface area contributed by atoms with Gasteiger partial charge in [-0.15, -0.1) is 0 Å². The molecule has 0 aliphatic carbocycles. The van der Waals surface area contributed by atoms with Gasteiger partial charge in [0.1, 0.15) is 28.5 Å². The van der Waals surface area contributed by atoms with Crippen LogP contribution in [0.4, 0.5) is 0 Å². The molecule has 2 aliphatic rings. The van der Waals surface area contributed by atoms with E-state index in [1.807, 2.05) is 12.1 Å². The molecule has 3 aromatic rings. The second kappa shape index (κ2) is 9.20. The average Bonchev–Trinajstić information content (AvgIpc) is 2.91. The van der Waals surface area contributed by atoms with Crippen LogP contribution in [0.2, 0.25) is 0 Å². The standard InChI is InChI=1S/C28H29N3O7/c1-27(2,26(34)35)16-8-9-20-18(14-16)24(32)30-28(38-20)10-12-31(13-11-28)25(33)19-15-22(37-4)17-6-5-7-21(36-3)23(17)29-19/h5-9,14-15H,10-13H2,1-4H3,(H,30,32)(H,34,35). The van der Waals surface area contributed by atoms with E-state index in [0.29, 0.717) is 59.8 Å². The van der Waals surface area contributed by atoms with Gasteiger partial charge in [-0.25, -0.2) is 4.98 Å². The number of rotatable bonds is 5. The first-order chi connectivity index (χ1) is 18.1. The fourth-order valence-electron chi connectivity index (χ4n) is 4.91. The predicted octanol–water partition coefficient (Wildman–Crippen LogP) is 3.37. The molecule has 2 amide bonds. The van der Waals surface area contributed by atoms with Gasteiger partial charge in [-0.1, -0.05) is 12.1 Å². The molecule has 3 heterocycles. The van der Waals surface area contributed by atoms with Crippen molar-refractivity contribution in [3.8, 4) is 17.2 Å². The number of hydrogen-bond acceptors (Lipinski definition) is 7. The molecule has 2 aromatic carbocycles. The zero-order valence-corrected chi connectivity index (χ0v) is 21.7. The fraction of sp³-hybridized carbons (Fsp3) is 0.357. The maximum absolute atomic E-state index is 13.4. The summed E-state index contributed by atoms with van der Waals surface area (Å²) in [5.41, 5.74) is -0.531. The number of piperidine rings is 1. The molecule has 1 saturated heterocycles. The van der Waals surface area contributed by atoms with Gasteiger partial charge in [0.2, 0.25) is 0 Å². The summed E-state index contributed by atoms with van der Waals surface area (Å²) in [6.07, 6.45) is 0.751. The summed E-state index contributed by atoms with van der Waals surface area (Å²) in [6.45, 7) is 3.85. The molecule has 0 saturated carbocycles. The number of carboxylic acids is 1. The van der Waals surface area contributed by atoms with E-state index >= 15 is 0 Å². The van der Waals surface area contributed by atoms with E-state index in [2.05, 4.69) is 10.3 Å². The Morgan fingerprint density at radius 2 is 1.79 bits per heavy atom. The summed E-state index contributed by atoms with van der Waals surface area (Å²) in [5, 5.41) is 13.2. The normalized spacial score (nSPS) is 16.4. The molecular weight excluding hydrogens is 490 g/mol. The minimum absolute atomic E-state index is 0.238. The first-order valence-electron chi connectivity index (χ1n) is 12.3. The first-order valence-corrected chi connectivity index (χ1v) is 12.3. The van der Waals surface area contributed by atoms with E-state index in [1.165, 1.54) is 0 Å². The van der Waals surface area contributed by atoms with Crippen LogP contribution in [0.15, 0.2) is 42.5 Å². The molecule has 10 heteroatoms. The van der Waals surface area contributed by atoms with E-state index < -0.39 is 17.1 Å². The van der Waals surface area contributed by atoms with E-state index in [0.717, 1.165) is 5.39 Å². The van der Waals surface area contributed by atoms with Crippen molar-refractivity contribution in [2.24, 2.45) is 0 Å². The molecule has 0 unspecified atom stereocenters. The van der Waals surface area contributed by atoms with Crippen molar-refractivity contribution in [3.63, 3.8) is 0 Å². The molecule has 10 nitrogen and oxygen atoms in total. The van der Waals surface area contributed by atoms with Crippen LogP contribution < -0.4 is 19.5 Å². The number of nitrogens with one attached hydrogen (secondary N) is 1. The molecule has 2 aliphatic heterocycles.